The summed E-state index contributed by atoms with van der Waals surface area (Å²) < 4.78 is 0. The number of rotatable bonds is 5. The van der Waals surface area contributed by atoms with E-state index < -0.39 is 0 Å². The van der Waals surface area contributed by atoms with Gasteiger partial charge in [-0.1, -0.05) is 37.3 Å². The third-order valence-electron chi connectivity index (χ3n) is 4.67. The molecule has 2 aromatic rings. The molecule has 1 aliphatic carbocycles. The summed E-state index contributed by atoms with van der Waals surface area (Å²) >= 11 is 1.68. The second kappa shape index (κ2) is 7.49. The molecule has 0 bridgehead atoms. The van der Waals surface area contributed by atoms with E-state index in [2.05, 4.69) is 44.5 Å². The Morgan fingerprint density at radius 1 is 1.33 bits per heavy atom. The number of nitrogens with one attached hydrogen (secondary N) is 2. The lowest BCUT2D eigenvalue weighted by atomic mass is 9.90. The van der Waals surface area contributed by atoms with Gasteiger partial charge in [-0.15, -0.1) is 11.3 Å². The van der Waals surface area contributed by atoms with Gasteiger partial charge >= 0.3 is 0 Å². The fourth-order valence-electron chi connectivity index (χ4n) is 3.39. The van der Waals surface area contributed by atoms with Crippen LogP contribution in [0.15, 0.2) is 36.4 Å². The maximum Gasteiger partial charge on any atom is 0.262 e. The van der Waals surface area contributed by atoms with Crippen molar-refractivity contribution in [3.8, 4) is 0 Å². The molecule has 0 fully saturated rings. The highest BCUT2D eigenvalue weighted by molar-refractivity contribution is 7.14. The number of amides is 1. The Morgan fingerprint density at radius 2 is 2.08 bits per heavy atom. The number of quaternary nitrogens is 1. The summed E-state index contributed by atoms with van der Waals surface area (Å²) in [6, 6.07) is 12.4. The molecule has 1 amide bonds. The number of thiophene rings is 1. The van der Waals surface area contributed by atoms with Crippen molar-refractivity contribution in [1.82, 2.24) is 5.32 Å². The fraction of sp³-hybridized carbons (Fsp3) is 0.450. The highest BCUT2D eigenvalue weighted by atomic mass is 32.1. The van der Waals surface area contributed by atoms with Crippen LogP contribution in [0.3, 0.4) is 0 Å². The van der Waals surface area contributed by atoms with E-state index in [1.54, 1.807) is 11.3 Å². The highest BCUT2D eigenvalue weighted by Crippen LogP contribution is 2.32. The summed E-state index contributed by atoms with van der Waals surface area (Å²) in [5.41, 5.74) is 2.56. The maximum absolute atomic E-state index is 12.8. The van der Waals surface area contributed by atoms with Crippen molar-refractivity contribution in [1.29, 1.82) is 0 Å². The summed E-state index contributed by atoms with van der Waals surface area (Å²) in [6.45, 7) is 3.17. The summed E-state index contributed by atoms with van der Waals surface area (Å²) in [4.78, 5) is 16.4. The molecular formula is C20H27N2OS+. The molecular weight excluding hydrogens is 316 g/mol. The molecule has 0 aliphatic heterocycles. The van der Waals surface area contributed by atoms with Gasteiger partial charge in [0.15, 0.2) is 0 Å². The first-order valence-electron chi connectivity index (χ1n) is 8.79. The van der Waals surface area contributed by atoms with Gasteiger partial charge in [0.2, 0.25) is 0 Å². The lowest BCUT2D eigenvalue weighted by molar-refractivity contribution is -0.860. The van der Waals surface area contributed by atoms with Crippen LogP contribution in [0, 0.1) is 5.92 Å². The molecule has 0 unspecified atom stereocenters. The summed E-state index contributed by atoms with van der Waals surface area (Å²) in [5, 5.41) is 3.25. The Kier molecular flexibility index (Phi) is 5.36. The van der Waals surface area contributed by atoms with Crippen molar-refractivity contribution in [3.05, 3.63) is 57.3 Å². The first-order chi connectivity index (χ1) is 11.5. The van der Waals surface area contributed by atoms with Gasteiger partial charge in [-0.05, 0) is 42.4 Å². The number of hydrogen-bond acceptors (Lipinski definition) is 2. The molecule has 2 atom stereocenters. The quantitative estimate of drug-likeness (QED) is 0.859. The number of hydrogen-bond donors (Lipinski definition) is 2. The number of aryl methyl sites for hydroxylation is 1. The number of fused-ring (bicyclic) bond motifs is 1. The van der Waals surface area contributed by atoms with Gasteiger partial charge in [0.05, 0.1) is 19.0 Å². The Morgan fingerprint density at radius 3 is 2.79 bits per heavy atom. The number of benzene rings is 1. The van der Waals surface area contributed by atoms with E-state index >= 15 is 0 Å². The first-order valence-corrected chi connectivity index (χ1v) is 9.61. The van der Waals surface area contributed by atoms with Crippen LogP contribution in [0.5, 0.6) is 0 Å². The zero-order valence-corrected chi connectivity index (χ0v) is 15.6. The smallest absolute Gasteiger partial charge is 0.262 e. The van der Waals surface area contributed by atoms with E-state index in [-0.39, 0.29) is 11.9 Å². The van der Waals surface area contributed by atoms with E-state index in [1.165, 1.54) is 27.3 Å². The van der Waals surface area contributed by atoms with Crippen LogP contribution in [-0.2, 0) is 12.8 Å². The van der Waals surface area contributed by atoms with Crippen LogP contribution in [-0.4, -0.2) is 26.5 Å². The molecule has 1 aromatic carbocycles. The Bertz CT molecular complexity index is 693. The predicted octanol–water partition coefficient (Wildman–Crippen LogP) is 2.49. The molecule has 1 aromatic heterocycles. The highest BCUT2D eigenvalue weighted by Gasteiger charge is 2.23. The topological polar surface area (TPSA) is 33.5 Å². The van der Waals surface area contributed by atoms with E-state index in [9.17, 15) is 4.79 Å². The first kappa shape index (κ1) is 17.2. The Labute approximate surface area is 148 Å². The van der Waals surface area contributed by atoms with Gasteiger partial charge in [0, 0.05) is 4.88 Å². The maximum atomic E-state index is 12.8. The largest absolute Gasteiger partial charge is 0.339 e. The molecule has 0 spiro atoms. The molecule has 1 heterocycles. The molecule has 3 rings (SSSR count). The van der Waals surface area contributed by atoms with E-state index in [0.29, 0.717) is 0 Å². The van der Waals surface area contributed by atoms with E-state index in [1.807, 2.05) is 18.2 Å². The van der Waals surface area contributed by atoms with Crippen LogP contribution in [0.1, 0.15) is 45.1 Å². The monoisotopic (exact) mass is 343 g/mol. The fourth-order valence-corrected chi connectivity index (χ4v) is 4.50. The van der Waals surface area contributed by atoms with Crippen LogP contribution >= 0.6 is 11.3 Å². The van der Waals surface area contributed by atoms with Crippen LogP contribution in [0.2, 0.25) is 0 Å². The lowest BCUT2D eigenvalue weighted by Gasteiger charge is -2.20. The third kappa shape index (κ3) is 4.05. The van der Waals surface area contributed by atoms with Crippen LogP contribution < -0.4 is 10.2 Å². The molecule has 0 saturated carbocycles. The molecule has 24 heavy (non-hydrogen) atoms. The van der Waals surface area contributed by atoms with Crippen molar-refractivity contribution in [2.75, 3.05) is 20.6 Å². The normalized spacial score (nSPS) is 18.2. The van der Waals surface area contributed by atoms with Gasteiger partial charge in [0.25, 0.3) is 5.91 Å². The van der Waals surface area contributed by atoms with Gasteiger partial charge in [-0.3, -0.25) is 4.79 Å². The third-order valence-corrected chi connectivity index (χ3v) is 5.91. The van der Waals surface area contributed by atoms with Crippen LogP contribution in [0.4, 0.5) is 0 Å². The van der Waals surface area contributed by atoms with Crippen LogP contribution in [0.25, 0.3) is 0 Å². The second-order valence-electron chi connectivity index (χ2n) is 7.25. The van der Waals surface area contributed by atoms with E-state index in [4.69, 9.17) is 0 Å². The zero-order chi connectivity index (χ0) is 17.1. The van der Waals surface area contributed by atoms with Gasteiger partial charge in [-0.2, -0.15) is 0 Å². The molecule has 3 nitrogen and oxygen atoms in total. The van der Waals surface area contributed by atoms with Crippen molar-refractivity contribution in [3.63, 3.8) is 0 Å². The standard InChI is InChI=1S/C20H26N2OS/c1-14-9-10-18-16(11-14)12-19(24-18)20(23)21-17(13-22(2)3)15-7-5-4-6-8-15/h4-8,12,14,17H,9-11,13H2,1-3H3,(H,21,23)/p+1/t14-,17+/m0/s1. The van der Waals surface area contributed by atoms with Crippen molar-refractivity contribution >= 4 is 17.2 Å². The molecule has 4 heteroatoms. The summed E-state index contributed by atoms with van der Waals surface area (Å²) in [5.74, 6) is 0.801. The SMILES string of the molecule is C[C@H]1CCc2sc(C(=O)N[C@H](C[NH+](C)C)c3ccccc3)cc2C1. The number of carbonyl (C=O) groups is 1. The minimum absolute atomic E-state index is 0.0433. The lowest BCUT2D eigenvalue weighted by Crippen LogP contribution is -3.06. The molecule has 128 valence electrons. The van der Waals surface area contributed by atoms with Gasteiger partial charge in [-0.25, -0.2) is 0 Å². The van der Waals surface area contributed by atoms with Gasteiger partial charge in [0.1, 0.15) is 12.6 Å². The summed E-state index contributed by atoms with van der Waals surface area (Å²) in [7, 11) is 4.24. The zero-order valence-electron chi connectivity index (χ0n) is 14.8. The Hall–Kier alpha value is -1.65. The average molecular weight is 344 g/mol. The van der Waals surface area contributed by atoms with Crippen molar-refractivity contribution in [2.45, 2.75) is 32.2 Å². The molecule has 0 saturated heterocycles. The minimum Gasteiger partial charge on any atom is -0.339 e. The number of carbonyl (C=O) groups excluding carboxylic acids is 1. The molecule has 0 radical (unpaired) electrons. The number of likely N-dealkylation sites (N-methyl/N-ethyl adjacent to an activating group) is 1. The van der Waals surface area contributed by atoms with Crippen molar-refractivity contribution in [2.24, 2.45) is 5.92 Å². The Balaban J connectivity index is 1.76. The molecule has 1 aliphatic rings. The average Bonchev–Trinajstić information content (AvgIpc) is 2.98. The second-order valence-corrected chi connectivity index (χ2v) is 8.39. The van der Waals surface area contributed by atoms with Gasteiger partial charge < -0.3 is 10.2 Å². The predicted molar refractivity (Wildman–Crippen MR) is 99.8 cm³/mol. The minimum atomic E-state index is 0.0433. The summed E-state index contributed by atoms with van der Waals surface area (Å²) in [6.07, 6.45) is 3.48. The molecule has 2 N–H and O–H groups in total. The van der Waals surface area contributed by atoms with E-state index in [0.717, 1.165) is 30.2 Å². The van der Waals surface area contributed by atoms with Crippen molar-refractivity contribution < 1.29 is 9.69 Å².